The average Bonchev–Trinajstić information content (AvgIpc) is 2.47. The van der Waals surface area contributed by atoms with Gasteiger partial charge in [0.1, 0.15) is 4.90 Å². The van der Waals surface area contributed by atoms with Crippen molar-refractivity contribution in [3.05, 3.63) is 11.4 Å². The lowest BCUT2D eigenvalue weighted by atomic mass is 9.81. The second kappa shape index (κ2) is 4.64. The first-order valence-electron chi connectivity index (χ1n) is 6.06. The van der Waals surface area contributed by atoms with Gasteiger partial charge in [-0.3, -0.25) is 4.68 Å². The van der Waals surface area contributed by atoms with E-state index in [2.05, 4.69) is 9.82 Å². The standard InChI is InChI=1S/C11H20N4O2S/c1-7-11(8(2)15(3)14-7)18(16,17)13-6-9-4-10(12)5-9/h9-10,13H,4-6,12H2,1-3H3. The van der Waals surface area contributed by atoms with Gasteiger partial charge in [-0.25, -0.2) is 13.1 Å². The second-order valence-corrected chi connectivity index (χ2v) is 6.78. The maximum Gasteiger partial charge on any atom is 0.244 e. The molecule has 18 heavy (non-hydrogen) atoms. The maximum atomic E-state index is 12.2. The van der Waals surface area contributed by atoms with Crippen molar-refractivity contribution in [3.8, 4) is 0 Å². The Hall–Kier alpha value is -0.920. The maximum absolute atomic E-state index is 12.2. The Morgan fingerprint density at radius 1 is 1.44 bits per heavy atom. The molecule has 7 heteroatoms. The highest BCUT2D eigenvalue weighted by atomic mass is 32.2. The Labute approximate surface area is 108 Å². The Balaban J connectivity index is 2.10. The molecule has 0 atom stereocenters. The fourth-order valence-electron chi connectivity index (χ4n) is 2.40. The summed E-state index contributed by atoms with van der Waals surface area (Å²) in [5.41, 5.74) is 6.87. The van der Waals surface area contributed by atoms with E-state index in [1.165, 1.54) is 0 Å². The summed E-state index contributed by atoms with van der Waals surface area (Å²) in [5.74, 6) is 0.368. The molecule has 0 radical (unpaired) electrons. The second-order valence-electron chi connectivity index (χ2n) is 5.07. The predicted molar refractivity (Wildman–Crippen MR) is 68.6 cm³/mol. The number of nitrogens with two attached hydrogens (primary N) is 1. The van der Waals surface area contributed by atoms with Gasteiger partial charge < -0.3 is 5.73 Å². The Bertz CT molecular complexity index is 544. The monoisotopic (exact) mass is 272 g/mol. The molecule has 0 aliphatic heterocycles. The van der Waals surface area contributed by atoms with Crippen LogP contribution >= 0.6 is 0 Å². The molecule has 0 aromatic carbocycles. The first-order chi connectivity index (χ1) is 8.31. The van der Waals surface area contributed by atoms with Crippen LogP contribution in [0.3, 0.4) is 0 Å². The van der Waals surface area contributed by atoms with E-state index in [1.807, 2.05) is 0 Å². The van der Waals surface area contributed by atoms with Gasteiger partial charge in [0.15, 0.2) is 0 Å². The first kappa shape index (κ1) is 13.5. The molecule has 3 N–H and O–H groups in total. The molecule has 1 saturated carbocycles. The van der Waals surface area contributed by atoms with Crippen LogP contribution < -0.4 is 10.5 Å². The summed E-state index contributed by atoms with van der Waals surface area (Å²) in [6, 6.07) is 0.237. The molecular formula is C11H20N4O2S. The molecule has 0 spiro atoms. The van der Waals surface area contributed by atoms with Gasteiger partial charge in [-0.1, -0.05) is 0 Å². The van der Waals surface area contributed by atoms with Crippen LogP contribution in [0.15, 0.2) is 4.90 Å². The van der Waals surface area contributed by atoms with Gasteiger partial charge in [-0.15, -0.1) is 0 Å². The Morgan fingerprint density at radius 3 is 2.50 bits per heavy atom. The van der Waals surface area contributed by atoms with Crippen LogP contribution in [0, 0.1) is 19.8 Å². The van der Waals surface area contributed by atoms with Crippen molar-refractivity contribution in [2.75, 3.05) is 6.54 Å². The van der Waals surface area contributed by atoms with Crippen molar-refractivity contribution in [3.63, 3.8) is 0 Å². The zero-order valence-electron chi connectivity index (χ0n) is 11.0. The van der Waals surface area contributed by atoms with Crippen LogP contribution in [-0.4, -0.2) is 30.8 Å². The average molecular weight is 272 g/mol. The lowest BCUT2D eigenvalue weighted by Crippen LogP contribution is -2.42. The van der Waals surface area contributed by atoms with Crippen LogP contribution in [0.1, 0.15) is 24.2 Å². The van der Waals surface area contributed by atoms with Crippen molar-refractivity contribution >= 4 is 10.0 Å². The summed E-state index contributed by atoms with van der Waals surface area (Å²) in [5, 5.41) is 4.13. The number of aryl methyl sites for hydroxylation is 2. The highest BCUT2D eigenvalue weighted by molar-refractivity contribution is 7.89. The van der Waals surface area contributed by atoms with Crippen LogP contribution in [-0.2, 0) is 17.1 Å². The normalized spacial score (nSPS) is 24.0. The quantitative estimate of drug-likeness (QED) is 0.810. The summed E-state index contributed by atoms with van der Waals surface area (Å²) in [6.07, 6.45) is 1.79. The van der Waals surface area contributed by atoms with Gasteiger partial charge in [-0.05, 0) is 32.6 Å². The largest absolute Gasteiger partial charge is 0.328 e. The van der Waals surface area contributed by atoms with Crippen LogP contribution in [0.4, 0.5) is 0 Å². The number of hydrogen-bond donors (Lipinski definition) is 2. The van der Waals surface area contributed by atoms with E-state index in [9.17, 15) is 8.42 Å². The third-order valence-corrected chi connectivity index (χ3v) is 5.22. The van der Waals surface area contributed by atoms with Gasteiger partial charge in [0.05, 0.1) is 11.4 Å². The predicted octanol–water partition coefficient (Wildman–Crippen LogP) is 0.0525. The minimum absolute atomic E-state index is 0.237. The molecule has 1 aromatic rings. The minimum Gasteiger partial charge on any atom is -0.328 e. The molecule has 0 amide bonds. The van der Waals surface area contributed by atoms with E-state index in [-0.39, 0.29) is 6.04 Å². The van der Waals surface area contributed by atoms with E-state index in [4.69, 9.17) is 5.73 Å². The number of nitrogens with one attached hydrogen (secondary N) is 1. The van der Waals surface area contributed by atoms with Gasteiger partial charge in [0, 0.05) is 19.6 Å². The lowest BCUT2D eigenvalue weighted by Gasteiger charge is -2.32. The van der Waals surface area contributed by atoms with Crippen LogP contribution in [0.25, 0.3) is 0 Å². The third kappa shape index (κ3) is 2.43. The fraction of sp³-hybridized carbons (Fsp3) is 0.727. The zero-order chi connectivity index (χ0) is 13.5. The van der Waals surface area contributed by atoms with Gasteiger partial charge >= 0.3 is 0 Å². The highest BCUT2D eigenvalue weighted by Crippen LogP contribution is 2.25. The van der Waals surface area contributed by atoms with E-state index < -0.39 is 10.0 Å². The first-order valence-corrected chi connectivity index (χ1v) is 7.55. The molecule has 0 bridgehead atoms. The summed E-state index contributed by atoms with van der Waals surface area (Å²) in [7, 11) is -1.72. The fourth-order valence-corrected chi connectivity index (χ4v) is 3.95. The topological polar surface area (TPSA) is 90.0 Å². The molecule has 2 rings (SSSR count). The minimum atomic E-state index is -3.46. The lowest BCUT2D eigenvalue weighted by molar-refractivity contribution is 0.267. The molecule has 1 aliphatic carbocycles. The SMILES string of the molecule is Cc1nn(C)c(C)c1S(=O)(=O)NCC1CC(N)C1. The van der Waals surface area contributed by atoms with Crippen molar-refractivity contribution in [2.24, 2.45) is 18.7 Å². The smallest absolute Gasteiger partial charge is 0.244 e. The van der Waals surface area contributed by atoms with Gasteiger partial charge in [0.25, 0.3) is 0 Å². The number of nitrogens with zero attached hydrogens (tertiary/aromatic N) is 2. The summed E-state index contributed by atoms with van der Waals surface area (Å²) >= 11 is 0. The highest BCUT2D eigenvalue weighted by Gasteiger charge is 2.29. The van der Waals surface area contributed by atoms with Crippen molar-refractivity contribution in [1.82, 2.24) is 14.5 Å². The van der Waals surface area contributed by atoms with Crippen molar-refractivity contribution in [2.45, 2.75) is 37.6 Å². The molecule has 1 heterocycles. The van der Waals surface area contributed by atoms with Crippen LogP contribution in [0.5, 0.6) is 0 Å². The molecule has 6 nitrogen and oxygen atoms in total. The Kier molecular flexibility index (Phi) is 3.48. The molecule has 1 aromatic heterocycles. The zero-order valence-corrected chi connectivity index (χ0v) is 11.8. The van der Waals surface area contributed by atoms with E-state index in [1.54, 1.807) is 25.6 Å². The van der Waals surface area contributed by atoms with Gasteiger partial charge in [0.2, 0.25) is 10.0 Å². The summed E-state index contributed by atoms with van der Waals surface area (Å²) < 4.78 is 28.7. The van der Waals surface area contributed by atoms with Crippen LogP contribution in [0.2, 0.25) is 0 Å². The van der Waals surface area contributed by atoms with E-state index in [0.717, 1.165) is 12.8 Å². The molecule has 1 fully saturated rings. The third-order valence-electron chi connectivity index (χ3n) is 3.55. The van der Waals surface area contributed by atoms with E-state index in [0.29, 0.717) is 28.7 Å². The van der Waals surface area contributed by atoms with Crippen molar-refractivity contribution in [1.29, 1.82) is 0 Å². The number of sulfonamides is 1. The number of aromatic nitrogens is 2. The number of hydrogen-bond acceptors (Lipinski definition) is 4. The summed E-state index contributed by atoms with van der Waals surface area (Å²) in [6.45, 7) is 3.93. The number of rotatable bonds is 4. The summed E-state index contributed by atoms with van der Waals surface area (Å²) in [4.78, 5) is 0.300. The van der Waals surface area contributed by atoms with Crippen molar-refractivity contribution < 1.29 is 8.42 Å². The van der Waals surface area contributed by atoms with Gasteiger partial charge in [-0.2, -0.15) is 5.10 Å². The molecular weight excluding hydrogens is 252 g/mol. The molecule has 102 valence electrons. The molecule has 0 saturated heterocycles. The molecule has 0 unspecified atom stereocenters. The van der Waals surface area contributed by atoms with E-state index >= 15 is 0 Å². The Morgan fingerprint density at radius 2 is 2.06 bits per heavy atom. The molecule has 1 aliphatic rings.